The second kappa shape index (κ2) is 5.41. The lowest BCUT2D eigenvalue weighted by atomic mass is 10.5. The molecule has 2 nitrogen and oxygen atoms in total. The van der Waals surface area contributed by atoms with Gasteiger partial charge in [0.1, 0.15) is 0 Å². The zero-order chi connectivity index (χ0) is 7.40. The van der Waals surface area contributed by atoms with E-state index in [1.165, 1.54) is 0 Å². The van der Waals surface area contributed by atoms with Crippen molar-refractivity contribution in [3.05, 3.63) is 16.8 Å². The Kier molecular flexibility index (Phi) is 5.28. The molecular formula is C6H7Cl2NOS. The Labute approximate surface area is 80.0 Å². The number of hydrogen-bond donors (Lipinski definition) is 1. The highest BCUT2D eigenvalue weighted by Crippen LogP contribution is 2.10. The fourth-order valence-electron chi connectivity index (χ4n) is 0.537. The molecule has 0 unspecified atom stereocenters. The summed E-state index contributed by atoms with van der Waals surface area (Å²) in [5, 5.41) is 6.33. The first-order chi connectivity index (χ1) is 4.79. The molecule has 0 radical (unpaired) electrons. The summed E-state index contributed by atoms with van der Waals surface area (Å²) in [5.41, 5.74) is 0.944. The van der Waals surface area contributed by atoms with Crippen molar-refractivity contribution in [2.24, 2.45) is 0 Å². The van der Waals surface area contributed by atoms with E-state index < -0.39 is 0 Å². The van der Waals surface area contributed by atoms with Crippen molar-refractivity contribution in [1.82, 2.24) is 0 Å². The van der Waals surface area contributed by atoms with Crippen molar-refractivity contribution in [3.8, 4) is 0 Å². The smallest absolute Gasteiger partial charge is 0.240 e. The molecule has 0 aromatic carbocycles. The van der Waals surface area contributed by atoms with Crippen molar-refractivity contribution in [3.63, 3.8) is 0 Å². The maximum Gasteiger partial charge on any atom is 0.240 e. The van der Waals surface area contributed by atoms with Gasteiger partial charge < -0.3 is 5.32 Å². The molecular weight excluding hydrogens is 205 g/mol. The number of halogens is 2. The van der Waals surface area contributed by atoms with Crippen molar-refractivity contribution < 1.29 is 4.79 Å². The predicted molar refractivity (Wildman–Crippen MR) is 50.9 cm³/mol. The molecule has 0 bridgehead atoms. The number of hydrogen-bond acceptors (Lipinski definition) is 3. The van der Waals surface area contributed by atoms with E-state index in [1.807, 2.05) is 16.8 Å². The molecule has 62 valence electrons. The predicted octanol–water partition coefficient (Wildman–Crippen LogP) is 2.35. The molecule has 0 spiro atoms. The second-order valence-electron chi connectivity index (χ2n) is 1.72. The first-order valence-corrected chi connectivity index (χ1v) is 4.05. The highest BCUT2D eigenvalue weighted by atomic mass is 35.5. The van der Waals surface area contributed by atoms with Crippen LogP contribution in [0.2, 0.25) is 0 Å². The van der Waals surface area contributed by atoms with Crippen LogP contribution in [-0.4, -0.2) is 11.8 Å². The van der Waals surface area contributed by atoms with Crippen LogP contribution in [0.25, 0.3) is 0 Å². The highest BCUT2D eigenvalue weighted by molar-refractivity contribution is 7.08. The molecule has 1 N–H and O–H groups in total. The Balaban J connectivity index is 0.000001000. The van der Waals surface area contributed by atoms with Crippen LogP contribution in [0.15, 0.2) is 16.8 Å². The molecule has 0 amide bonds. The zero-order valence-electron chi connectivity index (χ0n) is 5.54. The minimum atomic E-state index is -0.369. The number of rotatable bonds is 3. The normalized spacial score (nSPS) is 8.45. The largest absolute Gasteiger partial charge is 0.376 e. The molecule has 0 aliphatic carbocycles. The lowest BCUT2D eigenvalue weighted by Gasteiger charge is -1.95. The van der Waals surface area contributed by atoms with E-state index in [2.05, 4.69) is 5.32 Å². The van der Waals surface area contributed by atoms with E-state index in [0.717, 1.165) is 5.69 Å². The quantitative estimate of drug-likeness (QED) is 0.779. The van der Waals surface area contributed by atoms with Gasteiger partial charge in [-0.3, -0.25) is 4.79 Å². The van der Waals surface area contributed by atoms with Crippen LogP contribution in [0.4, 0.5) is 5.69 Å². The van der Waals surface area contributed by atoms with Gasteiger partial charge in [-0.1, -0.05) is 0 Å². The average Bonchev–Trinajstić information content (AvgIpc) is 2.34. The molecule has 0 saturated heterocycles. The summed E-state index contributed by atoms with van der Waals surface area (Å²) >= 11 is 6.67. The Morgan fingerprint density at radius 2 is 2.45 bits per heavy atom. The maximum absolute atomic E-state index is 10.2. The molecule has 0 aliphatic heterocycles. The lowest BCUT2D eigenvalue weighted by Crippen LogP contribution is -2.06. The Morgan fingerprint density at radius 1 is 1.73 bits per heavy atom. The molecule has 0 aliphatic rings. The standard InChI is InChI=1S/C6H6ClNOS.ClH/c7-6(9)3-8-5-1-2-10-4-5;/h1-2,4,8H,3H2;1H. The first kappa shape index (κ1) is 10.8. The first-order valence-electron chi connectivity index (χ1n) is 2.73. The number of carbonyl (C=O) groups is 1. The number of carbonyl (C=O) groups excluding carboxylic acids is 1. The molecule has 11 heavy (non-hydrogen) atoms. The number of nitrogens with one attached hydrogen (secondary N) is 1. The molecule has 0 fully saturated rings. The van der Waals surface area contributed by atoms with Gasteiger partial charge in [-0.2, -0.15) is 11.3 Å². The summed E-state index contributed by atoms with van der Waals surface area (Å²) in [5.74, 6) is 0. The lowest BCUT2D eigenvalue weighted by molar-refractivity contribution is -0.110. The molecule has 1 aromatic rings. The van der Waals surface area contributed by atoms with Crippen molar-refractivity contribution in [1.29, 1.82) is 0 Å². The summed E-state index contributed by atoms with van der Waals surface area (Å²) in [6.07, 6.45) is 0. The van der Waals surface area contributed by atoms with E-state index in [9.17, 15) is 4.79 Å². The van der Waals surface area contributed by atoms with Gasteiger partial charge in [0.15, 0.2) is 0 Å². The molecule has 1 rings (SSSR count). The van der Waals surface area contributed by atoms with Gasteiger partial charge in [-0.05, 0) is 23.0 Å². The monoisotopic (exact) mass is 211 g/mol. The van der Waals surface area contributed by atoms with Gasteiger partial charge in [-0.25, -0.2) is 0 Å². The van der Waals surface area contributed by atoms with Crippen molar-refractivity contribution in [2.45, 2.75) is 0 Å². The summed E-state index contributed by atoms with van der Waals surface area (Å²) in [6, 6.07) is 1.89. The van der Waals surface area contributed by atoms with E-state index >= 15 is 0 Å². The van der Waals surface area contributed by atoms with Crippen LogP contribution < -0.4 is 5.32 Å². The van der Waals surface area contributed by atoms with Gasteiger partial charge in [0.25, 0.3) is 0 Å². The van der Waals surface area contributed by atoms with Gasteiger partial charge in [0.05, 0.1) is 6.54 Å². The van der Waals surface area contributed by atoms with Crippen LogP contribution in [0.3, 0.4) is 0 Å². The summed E-state index contributed by atoms with van der Waals surface area (Å²) in [6.45, 7) is 0.193. The van der Waals surface area contributed by atoms with Gasteiger partial charge in [0, 0.05) is 11.1 Å². The summed E-state index contributed by atoms with van der Waals surface area (Å²) < 4.78 is 0. The summed E-state index contributed by atoms with van der Waals surface area (Å²) in [4.78, 5) is 10.2. The Hall–Kier alpha value is -0.250. The molecule has 0 atom stereocenters. The number of thiophene rings is 1. The molecule has 5 heteroatoms. The van der Waals surface area contributed by atoms with Crippen LogP contribution in [0.1, 0.15) is 0 Å². The minimum Gasteiger partial charge on any atom is -0.376 e. The van der Waals surface area contributed by atoms with Gasteiger partial charge in [-0.15, -0.1) is 12.4 Å². The average molecular weight is 212 g/mol. The number of anilines is 1. The van der Waals surface area contributed by atoms with E-state index in [1.54, 1.807) is 11.3 Å². The Bertz CT molecular complexity index is 212. The minimum absolute atomic E-state index is 0. The topological polar surface area (TPSA) is 29.1 Å². The molecule has 0 saturated carbocycles. The third-order valence-electron chi connectivity index (χ3n) is 0.953. The van der Waals surface area contributed by atoms with E-state index in [-0.39, 0.29) is 24.2 Å². The van der Waals surface area contributed by atoms with Crippen molar-refractivity contribution in [2.75, 3.05) is 11.9 Å². The summed E-state index contributed by atoms with van der Waals surface area (Å²) in [7, 11) is 0. The van der Waals surface area contributed by atoms with E-state index in [0.29, 0.717) is 0 Å². The Morgan fingerprint density at radius 3 is 2.91 bits per heavy atom. The van der Waals surface area contributed by atoms with Crippen LogP contribution in [0.5, 0.6) is 0 Å². The molecule has 1 heterocycles. The molecule has 1 aromatic heterocycles. The SMILES string of the molecule is Cl.O=C(Cl)CNc1ccsc1. The van der Waals surface area contributed by atoms with E-state index in [4.69, 9.17) is 11.6 Å². The van der Waals surface area contributed by atoms with Crippen molar-refractivity contribution >= 4 is 46.3 Å². The fraction of sp³-hybridized carbons (Fsp3) is 0.167. The van der Waals surface area contributed by atoms with Crippen LogP contribution in [-0.2, 0) is 4.79 Å². The van der Waals surface area contributed by atoms with Gasteiger partial charge >= 0.3 is 0 Å². The van der Waals surface area contributed by atoms with Gasteiger partial charge in [0.2, 0.25) is 5.24 Å². The second-order valence-corrected chi connectivity index (χ2v) is 2.92. The maximum atomic E-state index is 10.2. The van der Waals surface area contributed by atoms with Crippen LogP contribution >= 0.6 is 35.3 Å². The highest BCUT2D eigenvalue weighted by Gasteiger charge is 1.94. The fourth-order valence-corrected chi connectivity index (χ4v) is 1.22. The third-order valence-corrected chi connectivity index (χ3v) is 1.77. The van der Waals surface area contributed by atoms with Crippen LogP contribution in [0, 0.1) is 0 Å². The third kappa shape index (κ3) is 4.24. The zero-order valence-corrected chi connectivity index (χ0v) is 7.93.